The molecule has 1 aliphatic carbocycles. The number of nitrogens with two attached hydrogens (primary N) is 1. The van der Waals surface area contributed by atoms with Gasteiger partial charge in [-0.05, 0) is 49.8 Å². The lowest BCUT2D eigenvalue weighted by atomic mass is 9.98. The molecule has 25 heavy (non-hydrogen) atoms. The van der Waals surface area contributed by atoms with E-state index in [4.69, 9.17) is 15.2 Å². The lowest BCUT2D eigenvalue weighted by Crippen LogP contribution is -2.48. The van der Waals surface area contributed by atoms with Gasteiger partial charge in [0.1, 0.15) is 6.04 Å². The Balaban J connectivity index is 2.12. The zero-order valence-electron chi connectivity index (χ0n) is 15.2. The Morgan fingerprint density at radius 2 is 1.96 bits per heavy atom. The van der Waals surface area contributed by atoms with Gasteiger partial charge in [0.25, 0.3) is 5.91 Å². The summed E-state index contributed by atoms with van der Waals surface area (Å²) in [5, 5.41) is 2.72. The van der Waals surface area contributed by atoms with Crippen molar-refractivity contribution in [2.24, 2.45) is 11.7 Å². The molecule has 2 amide bonds. The van der Waals surface area contributed by atoms with Gasteiger partial charge in [-0.15, -0.1) is 0 Å². The molecule has 1 aromatic rings. The van der Waals surface area contributed by atoms with Crippen LogP contribution < -0.4 is 20.5 Å². The number of ether oxygens (including phenoxy) is 2. The molecule has 0 bridgehead atoms. The van der Waals surface area contributed by atoms with Crippen LogP contribution in [-0.2, 0) is 4.79 Å². The average Bonchev–Trinajstić information content (AvgIpc) is 3.11. The zero-order valence-corrected chi connectivity index (χ0v) is 15.2. The van der Waals surface area contributed by atoms with Gasteiger partial charge in [-0.2, -0.15) is 0 Å². The first kappa shape index (κ1) is 19.1. The smallest absolute Gasteiger partial charge is 0.252 e. The number of benzene rings is 1. The van der Waals surface area contributed by atoms with E-state index >= 15 is 0 Å². The number of hydrogen-bond acceptors (Lipinski definition) is 4. The summed E-state index contributed by atoms with van der Waals surface area (Å²) < 4.78 is 11.3. The van der Waals surface area contributed by atoms with Gasteiger partial charge in [0.05, 0.1) is 13.2 Å². The molecule has 2 rings (SSSR count). The van der Waals surface area contributed by atoms with Crippen molar-refractivity contribution in [2.45, 2.75) is 58.1 Å². The SMILES string of the molecule is CCC(C)C(NC(=O)c1ccc(OC2CCCC2)c(OC)c1)C(N)=O. The highest BCUT2D eigenvalue weighted by Gasteiger charge is 2.25. The molecule has 0 saturated heterocycles. The molecule has 0 radical (unpaired) electrons. The Labute approximate surface area is 149 Å². The summed E-state index contributed by atoms with van der Waals surface area (Å²) in [6, 6.07) is 4.36. The number of nitrogens with one attached hydrogen (secondary N) is 1. The molecule has 2 atom stereocenters. The van der Waals surface area contributed by atoms with Gasteiger partial charge in [0, 0.05) is 5.56 Å². The van der Waals surface area contributed by atoms with Crippen molar-refractivity contribution in [1.82, 2.24) is 5.32 Å². The molecule has 3 N–H and O–H groups in total. The van der Waals surface area contributed by atoms with Crippen LogP contribution in [0.2, 0.25) is 0 Å². The van der Waals surface area contributed by atoms with Crippen molar-refractivity contribution in [3.63, 3.8) is 0 Å². The Morgan fingerprint density at radius 1 is 1.28 bits per heavy atom. The van der Waals surface area contributed by atoms with Crippen LogP contribution >= 0.6 is 0 Å². The number of methoxy groups -OCH3 is 1. The van der Waals surface area contributed by atoms with E-state index < -0.39 is 11.9 Å². The Hall–Kier alpha value is -2.24. The monoisotopic (exact) mass is 348 g/mol. The van der Waals surface area contributed by atoms with Crippen molar-refractivity contribution in [2.75, 3.05) is 7.11 Å². The molecule has 138 valence electrons. The number of primary amides is 1. The maximum atomic E-state index is 12.5. The highest BCUT2D eigenvalue weighted by molar-refractivity contribution is 5.97. The second kappa shape index (κ2) is 8.74. The fraction of sp³-hybridized carbons (Fsp3) is 0.579. The third kappa shape index (κ3) is 4.87. The number of amides is 2. The third-order valence-electron chi connectivity index (χ3n) is 4.83. The summed E-state index contributed by atoms with van der Waals surface area (Å²) in [5.41, 5.74) is 5.82. The van der Waals surface area contributed by atoms with Crippen molar-refractivity contribution in [3.8, 4) is 11.5 Å². The van der Waals surface area contributed by atoms with E-state index in [2.05, 4.69) is 5.32 Å². The van der Waals surface area contributed by atoms with Gasteiger partial charge in [0.2, 0.25) is 5.91 Å². The minimum Gasteiger partial charge on any atom is -0.493 e. The van der Waals surface area contributed by atoms with Crippen molar-refractivity contribution in [1.29, 1.82) is 0 Å². The predicted molar refractivity (Wildman–Crippen MR) is 95.8 cm³/mol. The van der Waals surface area contributed by atoms with Crippen molar-refractivity contribution < 1.29 is 19.1 Å². The second-order valence-electron chi connectivity index (χ2n) is 6.63. The van der Waals surface area contributed by atoms with E-state index in [1.807, 2.05) is 13.8 Å². The summed E-state index contributed by atoms with van der Waals surface area (Å²) >= 11 is 0. The number of carbonyl (C=O) groups is 2. The Kier molecular flexibility index (Phi) is 6.67. The van der Waals surface area contributed by atoms with E-state index in [0.29, 0.717) is 17.1 Å². The molecule has 0 aromatic heterocycles. The molecule has 0 heterocycles. The van der Waals surface area contributed by atoms with Crippen LogP contribution in [0.3, 0.4) is 0 Å². The molecule has 1 aliphatic rings. The molecule has 0 spiro atoms. The van der Waals surface area contributed by atoms with Gasteiger partial charge in [-0.1, -0.05) is 20.3 Å². The van der Waals surface area contributed by atoms with Crippen LogP contribution in [0.4, 0.5) is 0 Å². The first-order valence-electron chi connectivity index (χ1n) is 8.91. The van der Waals surface area contributed by atoms with Gasteiger partial charge in [-0.3, -0.25) is 9.59 Å². The van der Waals surface area contributed by atoms with Crippen LogP contribution in [0.1, 0.15) is 56.3 Å². The van der Waals surface area contributed by atoms with Gasteiger partial charge in [0.15, 0.2) is 11.5 Å². The molecule has 1 fully saturated rings. The van der Waals surface area contributed by atoms with E-state index in [-0.39, 0.29) is 17.9 Å². The molecule has 1 aromatic carbocycles. The van der Waals surface area contributed by atoms with Gasteiger partial charge in [-0.25, -0.2) is 0 Å². The first-order valence-corrected chi connectivity index (χ1v) is 8.91. The highest BCUT2D eigenvalue weighted by Crippen LogP contribution is 2.32. The van der Waals surface area contributed by atoms with Crippen LogP contribution in [0.25, 0.3) is 0 Å². The Morgan fingerprint density at radius 3 is 2.52 bits per heavy atom. The van der Waals surface area contributed by atoms with Crippen molar-refractivity contribution in [3.05, 3.63) is 23.8 Å². The normalized spacial score (nSPS) is 16.9. The van der Waals surface area contributed by atoms with Crippen LogP contribution in [0.5, 0.6) is 11.5 Å². The zero-order chi connectivity index (χ0) is 18.4. The quantitative estimate of drug-likeness (QED) is 0.755. The fourth-order valence-corrected chi connectivity index (χ4v) is 3.05. The molecule has 6 nitrogen and oxygen atoms in total. The molecule has 2 unspecified atom stereocenters. The highest BCUT2D eigenvalue weighted by atomic mass is 16.5. The Bertz CT molecular complexity index is 611. The van der Waals surface area contributed by atoms with Crippen LogP contribution in [0, 0.1) is 5.92 Å². The minimum absolute atomic E-state index is 0.0340. The summed E-state index contributed by atoms with van der Waals surface area (Å²) in [4.78, 5) is 24.1. The lowest BCUT2D eigenvalue weighted by Gasteiger charge is -2.21. The summed E-state index contributed by atoms with van der Waals surface area (Å²) in [6.45, 7) is 3.83. The average molecular weight is 348 g/mol. The maximum absolute atomic E-state index is 12.5. The molecular weight excluding hydrogens is 320 g/mol. The van der Waals surface area contributed by atoms with E-state index in [0.717, 1.165) is 19.3 Å². The fourth-order valence-electron chi connectivity index (χ4n) is 3.05. The van der Waals surface area contributed by atoms with E-state index in [1.54, 1.807) is 25.3 Å². The number of carbonyl (C=O) groups excluding carboxylic acids is 2. The summed E-state index contributed by atoms with van der Waals surface area (Å²) in [7, 11) is 1.55. The molecule has 0 aliphatic heterocycles. The molecular formula is C19H28N2O4. The summed E-state index contributed by atoms with van der Waals surface area (Å²) in [5.74, 6) is 0.233. The van der Waals surface area contributed by atoms with Crippen molar-refractivity contribution >= 4 is 11.8 Å². The van der Waals surface area contributed by atoms with Crippen LogP contribution in [0.15, 0.2) is 18.2 Å². The van der Waals surface area contributed by atoms with E-state index in [9.17, 15) is 9.59 Å². The van der Waals surface area contributed by atoms with Gasteiger partial charge >= 0.3 is 0 Å². The number of rotatable bonds is 8. The largest absolute Gasteiger partial charge is 0.493 e. The first-order chi connectivity index (χ1) is 12.0. The third-order valence-corrected chi connectivity index (χ3v) is 4.83. The minimum atomic E-state index is -0.696. The van der Waals surface area contributed by atoms with Crippen LogP contribution in [-0.4, -0.2) is 31.1 Å². The van der Waals surface area contributed by atoms with Gasteiger partial charge < -0.3 is 20.5 Å². The number of hydrogen-bond donors (Lipinski definition) is 2. The standard InChI is InChI=1S/C19H28N2O4/c1-4-12(2)17(18(20)22)21-19(23)13-9-10-15(16(11-13)24-3)25-14-7-5-6-8-14/h9-12,14,17H,4-8H2,1-3H3,(H2,20,22)(H,21,23). The van der Waals surface area contributed by atoms with E-state index in [1.165, 1.54) is 12.8 Å². The summed E-state index contributed by atoms with van der Waals surface area (Å²) in [6.07, 6.45) is 5.39. The molecule has 1 saturated carbocycles. The topological polar surface area (TPSA) is 90.7 Å². The second-order valence-corrected chi connectivity index (χ2v) is 6.63. The molecule has 6 heteroatoms. The lowest BCUT2D eigenvalue weighted by molar-refractivity contribution is -0.120. The maximum Gasteiger partial charge on any atom is 0.252 e. The predicted octanol–water partition coefficient (Wildman–Crippen LogP) is 2.65.